The second kappa shape index (κ2) is 9.51. The summed E-state index contributed by atoms with van der Waals surface area (Å²) >= 11 is 6.05. The zero-order valence-electron chi connectivity index (χ0n) is 13.2. The highest BCUT2D eigenvalue weighted by Gasteiger charge is 2.25. The van der Waals surface area contributed by atoms with Gasteiger partial charge in [0, 0.05) is 31.2 Å². The maximum absolute atomic E-state index is 6.05. The van der Waals surface area contributed by atoms with Crippen molar-refractivity contribution in [3.63, 3.8) is 0 Å². The summed E-state index contributed by atoms with van der Waals surface area (Å²) in [7, 11) is 2.19. The predicted octanol–water partition coefficient (Wildman–Crippen LogP) is 4.52. The molecule has 0 spiro atoms. The zero-order chi connectivity index (χ0) is 14.7. The summed E-state index contributed by atoms with van der Waals surface area (Å²) in [5.74, 6) is 0. The van der Waals surface area contributed by atoms with Gasteiger partial charge in [-0.3, -0.25) is 4.90 Å². The zero-order valence-corrected chi connectivity index (χ0v) is 15.6. The second-order valence-electron chi connectivity index (χ2n) is 5.70. The number of likely N-dealkylation sites (N-methyl/N-ethyl adjacent to an activating group) is 1. The predicted molar refractivity (Wildman–Crippen MR) is 103 cm³/mol. The van der Waals surface area contributed by atoms with E-state index in [2.05, 4.69) is 59.3 Å². The molecule has 5 heteroatoms. The molecule has 0 aliphatic carbocycles. The number of benzene rings is 2. The summed E-state index contributed by atoms with van der Waals surface area (Å²) in [6.45, 7) is 4.44. The van der Waals surface area contributed by atoms with Crippen LogP contribution in [0.3, 0.4) is 0 Å². The molecule has 0 aromatic heterocycles. The number of nitrogens with zero attached hydrogens (tertiary/aromatic N) is 2. The highest BCUT2D eigenvalue weighted by molar-refractivity contribution is 6.30. The minimum atomic E-state index is 0. The Balaban J connectivity index is 0.00000132. The van der Waals surface area contributed by atoms with Crippen molar-refractivity contribution in [1.29, 1.82) is 0 Å². The molecule has 23 heavy (non-hydrogen) atoms. The molecule has 0 N–H and O–H groups in total. The largest absolute Gasteiger partial charge is 0.304 e. The van der Waals surface area contributed by atoms with E-state index in [9.17, 15) is 0 Å². The van der Waals surface area contributed by atoms with Crippen LogP contribution in [0.25, 0.3) is 0 Å². The third-order valence-corrected chi connectivity index (χ3v) is 4.46. The van der Waals surface area contributed by atoms with Gasteiger partial charge in [-0.1, -0.05) is 54.1 Å². The fourth-order valence-electron chi connectivity index (χ4n) is 2.97. The average molecular weight is 374 g/mol. The monoisotopic (exact) mass is 372 g/mol. The number of halogens is 3. The molecule has 1 saturated heterocycles. The third-order valence-electron chi connectivity index (χ3n) is 4.20. The van der Waals surface area contributed by atoms with E-state index in [1.54, 1.807) is 0 Å². The van der Waals surface area contributed by atoms with Crippen LogP contribution in [-0.4, -0.2) is 43.0 Å². The highest BCUT2D eigenvalue weighted by Crippen LogP contribution is 2.30. The fraction of sp³-hybridized carbons (Fsp3) is 0.333. The molecule has 1 unspecified atom stereocenters. The topological polar surface area (TPSA) is 6.48 Å². The maximum atomic E-state index is 6.05. The summed E-state index contributed by atoms with van der Waals surface area (Å²) in [6.07, 6.45) is 0. The van der Waals surface area contributed by atoms with Crippen LogP contribution in [0.4, 0.5) is 0 Å². The van der Waals surface area contributed by atoms with Crippen LogP contribution < -0.4 is 0 Å². The Labute approximate surface area is 156 Å². The molecule has 2 aromatic rings. The van der Waals surface area contributed by atoms with Crippen LogP contribution in [0.2, 0.25) is 5.02 Å². The van der Waals surface area contributed by atoms with E-state index in [0.29, 0.717) is 6.04 Å². The molecular formula is C18H23Cl3N2. The van der Waals surface area contributed by atoms with Gasteiger partial charge in [-0.05, 0) is 30.3 Å². The lowest BCUT2D eigenvalue weighted by atomic mass is 9.96. The summed E-state index contributed by atoms with van der Waals surface area (Å²) in [4.78, 5) is 4.96. The van der Waals surface area contributed by atoms with Crippen molar-refractivity contribution in [1.82, 2.24) is 9.80 Å². The Kier molecular flexibility index (Phi) is 8.38. The van der Waals surface area contributed by atoms with Gasteiger partial charge in [-0.15, -0.1) is 24.8 Å². The number of hydrogen-bond acceptors (Lipinski definition) is 2. The SMILES string of the molecule is CN1CCN(C(c2ccccc2)c2ccc(Cl)cc2)CC1.Cl.Cl. The van der Waals surface area contributed by atoms with Crippen molar-refractivity contribution in [2.45, 2.75) is 6.04 Å². The van der Waals surface area contributed by atoms with Crippen molar-refractivity contribution in [2.75, 3.05) is 33.2 Å². The molecule has 3 rings (SSSR count). The first-order valence-corrected chi connectivity index (χ1v) is 7.85. The Morgan fingerprint density at radius 1 is 0.783 bits per heavy atom. The smallest absolute Gasteiger partial charge is 0.0602 e. The summed E-state index contributed by atoms with van der Waals surface area (Å²) in [6, 6.07) is 19.4. The number of hydrogen-bond donors (Lipinski definition) is 0. The summed E-state index contributed by atoms with van der Waals surface area (Å²) in [5, 5.41) is 0.795. The van der Waals surface area contributed by atoms with Gasteiger partial charge < -0.3 is 4.90 Å². The van der Waals surface area contributed by atoms with Crippen molar-refractivity contribution >= 4 is 36.4 Å². The van der Waals surface area contributed by atoms with E-state index in [1.807, 2.05) is 12.1 Å². The molecule has 1 fully saturated rings. The van der Waals surface area contributed by atoms with Crippen LogP contribution in [0, 0.1) is 0 Å². The first kappa shape index (κ1) is 20.3. The second-order valence-corrected chi connectivity index (χ2v) is 6.14. The first-order valence-electron chi connectivity index (χ1n) is 7.47. The molecular weight excluding hydrogens is 351 g/mol. The van der Waals surface area contributed by atoms with Crippen LogP contribution in [0.1, 0.15) is 17.2 Å². The molecule has 1 aliphatic heterocycles. The van der Waals surface area contributed by atoms with Gasteiger partial charge >= 0.3 is 0 Å². The first-order chi connectivity index (χ1) is 10.2. The van der Waals surface area contributed by atoms with Gasteiger partial charge in [0.25, 0.3) is 0 Å². The van der Waals surface area contributed by atoms with E-state index in [1.165, 1.54) is 11.1 Å². The van der Waals surface area contributed by atoms with E-state index >= 15 is 0 Å². The molecule has 126 valence electrons. The van der Waals surface area contributed by atoms with Crippen LogP contribution in [0.15, 0.2) is 54.6 Å². The Morgan fingerprint density at radius 3 is 1.87 bits per heavy atom. The lowest BCUT2D eigenvalue weighted by Gasteiger charge is -2.38. The van der Waals surface area contributed by atoms with Gasteiger partial charge in [0.1, 0.15) is 0 Å². The van der Waals surface area contributed by atoms with Crippen molar-refractivity contribution in [3.8, 4) is 0 Å². The summed E-state index contributed by atoms with van der Waals surface area (Å²) in [5.41, 5.74) is 2.67. The Bertz CT molecular complexity index is 567. The molecule has 0 saturated carbocycles. The lowest BCUT2D eigenvalue weighted by molar-refractivity contribution is 0.127. The highest BCUT2D eigenvalue weighted by atomic mass is 35.5. The fourth-order valence-corrected chi connectivity index (χ4v) is 3.10. The molecule has 1 heterocycles. The molecule has 0 radical (unpaired) electrons. The van der Waals surface area contributed by atoms with E-state index < -0.39 is 0 Å². The van der Waals surface area contributed by atoms with E-state index in [4.69, 9.17) is 11.6 Å². The molecule has 1 atom stereocenters. The molecule has 0 amide bonds. The van der Waals surface area contributed by atoms with E-state index in [0.717, 1.165) is 31.2 Å². The van der Waals surface area contributed by atoms with Gasteiger partial charge in [-0.2, -0.15) is 0 Å². The minimum Gasteiger partial charge on any atom is -0.304 e. The molecule has 2 nitrogen and oxygen atoms in total. The van der Waals surface area contributed by atoms with Gasteiger partial charge in [0.05, 0.1) is 6.04 Å². The summed E-state index contributed by atoms with van der Waals surface area (Å²) < 4.78 is 0. The van der Waals surface area contributed by atoms with Crippen molar-refractivity contribution in [2.24, 2.45) is 0 Å². The average Bonchev–Trinajstić information content (AvgIpc) is 2.52. The Hall–Kier alpha value is -0.770. The number of piperazine rings is 1. The Morgan fingerprint density at radius 2 is 1.30 bits per heavy atom. The van der Waals surface area contributed by atoms with Gasteiger partial charge in [0.15, 0.2) is 0 Å². The standard InChI is InChI=1S/C18H21ClN2.2ClH/c1-20-11-13-21(14-12-20)18(15-5-3-2-4-6-15)16-7-9-17(19)10-8-16;;/h2-10,18H,11-14H2,1H3;2*1H. The van der Waals surface area contributed by atoms with Crippen molar-refractivity contribution < 1.29 is 0 Å². The molecule has 0 bridgehead atoms. The lowest BCUT2D eigenvalue weighted by Crippen LogP contribution is -2.46. The van der Waals surface area contributed by atoms with E-state index in [-0.39, 0.29) is 24.8 Å². The van der Waals surface area contributed by atoms with Crippen LogP contribution in [-0.2, 0) is 0 Å². The minimum absolute atomic E-state index is 0. The molecule has 1 aliphatic rings. The maximum Gasteiger partial charge on any atom is 0.0602 e. The quantitative estimate of drug-likeness (QED) is 0.780. The third kappa shape index (κ3) is 5.10. The normalized spacial score (nSPS) is 17.0. The number of rotatable bonds is 3. The van der Waals surface area contributed by atoms with Gasteiger partial charge in [0.2, 0.25) is 0 Å². The molecule has 2 aromatic carbocycles. The van der Waals surface area contributed by atoms with Gasteiger partial charge in [-0.25, -0.2) is 0 Å². The van der Waals surface area contributed by atoms with Crippen molar-refractivity contribution in [3.05, 3.63) is 70.7 Å². The van der Waals surface area contributed by atoms with Crippen LogP contribution >= 0.6 is 36.4 Å². The van der Waals surface area contributed by atoms with Crippen LogP contribution in [0.5, 0.6) is 0 Å².